The maximum atomic E-state index is 5.39. The average Bonchev–Trinajstić information content (AvgIpc) is 2.65. The van der Waals surface area contributed by atoms with E-state index in [2.05, 4.69) is 19.9 Å². The molecular formula is C13H22O. The molecule has 1 nitrogen and oxygen atoms in total. The monoisotopic (exact) mass is 194 g/mol. The Morgan fingerprint density at radius 3 is 2.57 bits per heavy atom. The minimum Gasteiger partial charge on any atom is -0.469 e. The van der Waals surface area contributed by atoms with Gasteiger partial charge in [0.25, 0.3) is 0 Å². The van der Waals surface area contributed by atoms with Crippen LogP contribution in [0.5, 0.6) is 0 Å². The summed E-state index contributed by atoms with van der Waals surface area (Å²) in [6, 6.07) is 2.12. The Morgan fingerprint density at radius 2 is 1.86 bits per heavy atom. The number of hydrogen-bond donors (Lipinski definition) is 0. The zero-order valence-corrected chi connectivity index (χ0v) is 9.51. The summed E-state index contributed by atoms with van der Waals surface area (Å²) in [4.78, 5) is 0. The van der Waals surface area contributed by atoms with Gasteiger partial charge in [-0.3, -0.25) is 0 Å². The van der Waals surface area contributed by atoms with Crippen LogP contribution in [0, 0.1) is 0 Å². The van der Waals surface area contributed by atoms with Gasteiger partial charge in [0.2, 0.25) is 0 Å². The SMILES string of the molecule is CCCCCCCc1ccoc1CC. The fraction of sp³-hybridized carbons (Fsp3) is 0.692. The molecule has 0 aliphatic rings. The zero-order chi connectivity index (χ0) is 10.2. The second-order valence-corrected chi connectivity index (χ2v) is 3.89. The summed E-state index contributed by atoms with van der Waals surface area (Å²) in [5.41, 5.74) is 1.42. The second-order valence-electron chi connectivity index (χ2n) is 3.89. The highest BCUT2D eigenvalue weighted by Gasteiger charge is 2.02. The van der Waals surface area contributed by atoms with E-state index in [0.29, 0.717) is 0 Å². The lowest BCUT2D eigenvalue weighted by molar-refractivity contribution is 0.509. The van der Waals surface area contributed by atoms with Crippen LogP contribution < -0.4 is 0 Å². The van der Waals surface area contributed by atoms with Gasteiger partial charge in [-0.2, -0.15) is 0 Å². The number of hydrogen-bond acceptors (Lipinski definition) is 1. The Balaban J connectivity index is 2.17. The lowest BCUT2D eigenvalue weighted by atomic mass is 10.1. The average molecular weight is 194 g/mol. The maximum absolute atomic E-state index is 5.39. The van der Waals surface area contributed by atoms with Crippen LogP contribution in [-0.2, 0) is 12.8 Å². The Morgan fingerprint density at radius 1 is 1.07 bits per heavy atom. The van der Waals surface area contributed by atoms with E-state index >= 15 is 0 Å². The third-order valence-electron chi connectivity index (χ3n) is 2.71. The number of unbranched alkanes of at least 4 members (excludes halogenated alkanes) is 4. The van der Waals surface area contributed by atoms with Crippen molar-refractivity contribution < 1.29 is 4.42 Å². The van der Waals surface area contributed by atoms with Crippen molar-refractivity contribution in [3.63, 3.8) is 0 Å². The summed E-state index contributed by atoms with van der Waals surface area (Å²) in [5, 5.41) is 0. The van der Waals surface area contributed by atoms with Crippen molar-refractivity contribution in [3.8, 4) is 0 Å². The smallest absolute Gasteiger partial charge is 0.106 e. The van der Waals surface area contributed by atoms with Gasteiger partial charge in [-0.15, -0.1) is 0 Å². The molecule has 80 valence electrons. The summed E-state index contributed by atoms with van der Waals surface area (Å²) in [5.74, 6) is 1.18. The van der Waals surface area contributed by atoms with Crippen LogP contribution in [0.4, 0.5) is 0 Å². The van der Waals surface area contributed by atoms with Crippen LogP contribution in [0.2, 0.25) is 0 Å². The molecule has 1 aromatic rings. The topological polar surface area (TPSA) is 13.1 Å². The minimum atomic E-state index is 1.03. The van der Waals surface area contributed by atoms with Gasteiger partial charge < -0.3 is 4.42 Å². The molecule has 0 aromatic carbocycles. The summed E-state index contributed by atoms with van der Waals surface area (Å²) in [6.45, 7) is 4.41. The van der Waals surface area contributed by atoms with Crippen molar-refractivity contribution in [2.24, 2.45) is 0 Å². The standard InChI is InChI=1S/C13H22O/c1-3-5-6-7-8-9-12-10-11-14-13(12)4-2/h10-11H,3-9H2,1-2H3. The van der Waals surface area contributed by atoms with E-state index in [1.54, 1.807) is 0 Å². The molecule has 0 N–H and O–H groups in total. The van der Waals surface area contributed by atoms with Crippen molar-refractivity contribution in [3.05, 3.63) is 23.7 Å². The highest BCUT2D eigenvalue weighted by molar-refractivity contribution is 5.16. The first-order chi connectivity index (χ1) is 6.88. The van der Waals surface area contributed by atoms with E-state index in [-0.39, 0.29) is 0 Å². The molecule has 0 saturated heterocycles. The summed E-state index contributed by atoms with van der Waals surface area (Å²) in [7, 11) is 0. The molecule has 14 heavy (non-hydrogen) atoms. The van der Waals surface area contributed by atoms with Gasteiger partial charge in [0.05, 0.1) is 6.26 Å². The van der Waals surface area contributed by atoms with Crippen molar-refractivity contribution in [1.29, 1.82) is 0 Å². The van der Waals surface area contributed by atoms with Crippen LogP contribution in [0.25, 0.3) is 0 Å². The van der Waals surface area contributed by atoms with Gasteiger partial charge in [-0.1, -0.05) is 39.5 Å². The molecule has 0 fully saturated rings. The normalized spacial score (nSPS) is 10.7. The number of furan rings is 1. The first kappa shape index (κ1) is 11.4. The predicted octanol–water partition coefficient (Wildman–Crippen LogP) is 4.35. The zero-order valence-electron chi connectivity index (χ0n) is 9.51. The maximum Gasteiger partial charge on any atom is 0.106 e. The molecule has 0 unspecified atom stereocenters. The van der Waals surface area contributed by atoms with Crippen molar-refractivity contribution in [2.45, 2.75) is 58.8 Å². The first-order valence-corrected chi connectivity index (χ1v) is 5.93. The van der Waals surface area contributed by atoms with E-state index in [0.717, 1.165) is 6.42 Å². The Hall–Kier alpha value is -0.720. The van der Waals surface area contributed by atoms with Gasteiger partial charge >= 0.3 is 0 Å². The van der Waals surface area contributed by atoms with E-state index in [1.165, 1.54) is 49.8 Å². The lowest BCUT2D eigenvalue weighted by Gasteiger charge is -2.00. The predicted molar refractivity (Wildman–Crippen MR) is 60.5 cm³/mol. The summed E-state index contributed by atoms with van der Waals surface area (Å²) < 4.78 is 5.39. The fourth-order valence-corrected chi connectivity index (χ4v) is 1.82. The van der Waals surface area contributed by atoms with E-state index in [4.69, 9.17) is 4.42 Å². The molecule has 0 spiro atoms. The molecule has 1 heteroatoms. The van der Waals surface area contributed by atoms with E-state index < -0.39 is 0 Å². The van der Waals surface area contributed by atoms with Crippen LogP contribution in [0.15, 0.2) is 16.7 Å². The van der Waals surface area contributed by atoms with Crippen LogP contribution >= 0.6 is 0 Å². The second kappa shape index (κ2) is 6.69. The third kappa shape index (κ3) is 3.57. The fourth-order valence-electron chi connectivity index (χ4n) is 1.82. The molecule has 1 rings (SSSR count). The summed E-state index contributed by atoms with van der Waals surface area (Å²) >= 11 is 0. The molecular weight excluding hydrogens is 172 g/mol. The van der Waals surface area contributed by atoms with Crippen LogP contribution in [-0.4, -0.2) is 0 Å². The van der Waals surface area contributed by atoms with Gasteiger partial charge in [0.15, 0.2) is 0 Å². The summed E-state index contributed by atoms with van der Waals surface area (Å²) in [6.07, 6.45) is 10.8. The van der Waals surface area contributed by atoms with Crippen LogP contribution in [0.1, 0.15) is 57.3 Å². The molecule has 0 bridgehead atoms. The highest BCUT2D eigenvalue weighted by atomic mass is 16.3. The van der Waals surface area contributed by atoms with E-state index in [1.807, 2.05) is 6.26 Å². The number of rotatable bonds is 7. The van der Waals surface area contributed by atoms with Crippen molar-refractivity contribution >= 4 is 0 Å². The molecule has 0 aliphatic heterocycles. The van der Waals surface area contributed by atoms with Gasteiger partial charge in [-0.25, -0.2) is 0 Å². The highest BCUT2D eigenvalue weighted by Crippen LogP contribution is 2.15. The van der Waals surface area contributed by atoms with E-state index in [9.17, 15) is 0 Å². The molecule has 0 saturated carbocycles. The van der Waals surface area contributed by atoms with Gasteiger partial charge in [0.1, 0.15) is 5.76 Å². The van der Waals surface area contributed by atoms with Crippen molar-refractivity contribution in [1.82, 2.24) is 0 Å². The largest absolute Gasteiger partial charge is 0.469 e. The first-order valence-electron chi connectivity index (χ1n) is 5.93. The molecule has 1 heterocycles. The molecule has 0 radical (unpaired) electrons. The Labute approximate surface area is 87.5 Å². The Kier molecular flexibility index (Phi) is 5.43. The van der Waals surface area contributed by atoms with Gasteiger partial charge in [-0.05, 0) is 24.5 Å². The van der Waals surface area contributed by atoms with Crippen molar-refractivity contribution in [2.75, 3.05) is 0 Å². The minimum absolute atomic E-state index is 1.03. The molecule has 0 atom stereocenters. The molecule has 0 amide bonds. The number of aryl methyl sites for hydroxylation is 2. The lowest BCUT2D eigenvalue weighted by Crippen LogP contribution is -1.88. The Bertz CT molecular complexity index is 237. The molecule has 1 aromatic heterocycles. The van der Waals surface area contributed by atoms with Gasteiger partial charge in [0, 0.05) is 6.42 Å². The third-order valence-corrected chi connectivity index (χ3v) is 2.71. The quantitative estimate of drug-likeness (QED) is 0.588. The van der Waals surface area contributed by atoms with Crippen LogP contribution in [0.3, 0.4) is 0 Å². The molecule has 0 aliphatic carbocycles.